The summed E-state index contributed by atoms with van der Waals surface area (Å²) in [5.41, 5.74) is 5.79. The van der Waals surface area contributed by atoms with E-state index in [0.29, 0.717) is 11.4 Å². The predicted molar refractivity (Wildman–Crippen MR) is 36.9 cm³/mol. The Balaban J connectivity index is 3.06. The van der Waals surface area contributed by atoms with Crippen LogP contribution in [0.5, 0.6) is 11.5 Å². The Morgan fingerprint density at radius 2 is 2.10 bits per heavy atom. The minimum atomic E-state index is -0.128. The first kappa shape index (κ1) is 6.74. The topological polar surface area (TPSA) is 58.3 Å². The Bertz CT molecular complexity index is 215. The van der Waals surface area contributed by atoms with Crippen molar-refractivity contribution in [2.45, 2.75) is 0 Å². The number of nitrogens with two attached hydrogens (primary N) is 1. The Kier molecular flexibility index (Phi) is 1.67. The van der Waals surface area contributed by atoms with Crippen molar-refractivity contribution >= 4 is 5.69 Å². The lowest BCUT2D eigenvalue weighted by Crippen LogP contribution is -1.94. The quantitative estimate of drug-likeness (QED) is 0.569. The lowest BCUT2D eigenvalue weighted by atomic mass is 10.3. The second kappa shape index (κ2) is 2.47. The standard InChI is InChI=1S/C7H9NO2/c1-10-7-3-5(8)2-6(9)4-7/h2-4,9H,8H2,1H3/p-1. The summed E-state index contributed by atoms with van der Waals surface area (Å²) < 4.78 is 4.80. The molecule has 0 saturated carbocycles. The van der Waals surface area contributed by atoms with E-state index in [1.54, 1.807) is 6.07 Å². The van der Waals surface area contributed by atoms with Gasteiger partial charge in [-0.2, -0.15) is 0 Å². The van der Waals surface area contributed by atoms with Crippen molar-refractivity contribution in [2.24, 2.45) is 0 Å². The second-order valence-corrected chi connectivity index (χ2v) is 1.94. The molecule has 1 rings (SSSR count). The van der Waals surface area contributed by atoms with E-state index < -0.39 is 0 Å². The molecule has 2 N–H and O–H groups in total. The van der Waals surface area contributed by atoms with Gasteiger partial charge in [0.05, 0.1) is 7.11 Å². The molecule has 0 aromatic heterocycles. The highest BCUT2D eigenvalue weighted by atomic mass is 16.5. The molecule has 3 nitrogen and oxygen atoms in total. The molecule has 0 heterocycles. The number of anilines is 1. The van der Waals surface area contributed by atoms with Crippen LogP contribution in [-0.2, 0) is 0 Å². The maximum Gasteiger partial charge on any atom is 0.120 e. The normalized spacial score (nSPS) is 9.30. The first-order valence-corrected chi connectivity index (χ1v) is 2.84. The smallest absolute Gasteiger partial charge is 0.120 e. The largest absolute Gasteiger partial charge is 0.872 e. The van der Waals surface area contributed by atoms with Gasteiger partial charge < -0.3 is 15.6 Å². The SMILES string of the molecule is COc1cc(N)cc([O-])c1. The molecule has 0 aliphatic rings. The van der Waals surface area contributed by atoms with E-state index in [4.69, 9.17) is 10.5 Å². The van der Waals surface area contributed by atoms with Crippen LogP contribution in [0.25, 0.3) is 0 Å². The molecular weight excluding hydrogens is 130 g/mol. The molecule has 0 radical (unpaired) electrons. The highest BCUT2D eigenvalue weighted by molar-refractivity contribution is 5.49. The van der Waals surface area contributed by atoms with Crippen molar-refractivity contribution < 1.29 is 9.84 Å². The molecule has 0 fully saturated rings. The number of benzene rings is 1. The van der Waals surface area contributed by atoms with Crippen LogP contribution < -0.4 is 15.6 Å². The van der Waals surface area contributed by atoms with Gasteiger partial charge in [0, 0.05) is 11.8 Å². The zero-order valence-corrected chi connectivity index (χ0v) is 5.63. The number of hydrogen-bond acceptors (Lipinski definition) is 3. The number of hydrogen-bond donors (Lipinski definition) is 1. The van der Waals surface area contributed by atoms with Gasteiger partial charge in [0.2, 0.25) is 0 Å². The summed E-state index contributed by atoms with van der Waals surface area (Å²) in [5.74, 6) is 0.377. The number of nitrogen functional groups attached to an aromatic ring is 1. The summed E-state index contributed by atoms with van der Waals surface area (Å²) in [7, 11) is 1.49. The summed E-state index contributed by atoms with van der Waals surface area (Å²) in [6.45, 7) is 0. The maximum atomic E-state index is 10.7. The molecule has 0 aliphatic carbocycles. The van der Waals surface area contributed by atoms with Crippen LogP contribution in [0.1, 0.15) is 0 Å². The van der Waals surface area contributed by atoms with Gasteiger partial charge in [-0.05, 0) is 12.1 Å². The average molecular weight is 138 g/mol. The summed E-state index contributed by atoms with van der Waals surface area (Å²) >= 11 is 0. The third-order valence-electron chi connectivity index (χ3n) is 1.14. The molecule has 10 heavy (non-hydrogen) atoms. The average Bonchev–Trinajstić information content (AvgIpc) is 1.85. The molecule has 0 aliphatic heterocycles. The van der Waals surface area contributed by atoms with E-state index >= 15 is 0 Å². The second-order valence-electron chi connectivity index (χ2n) is 1.94. The third kappa shape index (κ3) is 1.31. The molecule has 1 aromatic carbocycles. The van der Waals surface area contributed by atoms with Crippen molar-refractivity contribution in [3.8, 4) is 11.5 Å². The monoisotopic (exact) mass is 138 g/mol. The molecule has 0 atom stereocenters. The van der Waals surface area contributed by atoms with Crippen molar-refractivity contribution in [2.75, 3.05) is 12.8 Å². The van der Waals surface area contributed by atoms with E-state index in [0.717, 1.165) is 0 Å². The summed E-state index contributed by atoms with van der Waals surface area (Å²) in [4.78, 5) is 0. The van der Waals surface area contributed by atoms with Crippen LogP contribution in [0.15, 0.2) is 18.2 Å². The van der Waals surface area contributed by atoms with Gasteiger partial charge in [0.15, 0.2) is 0 Å². The van der Waals surface area contributed by atoms with Crippen LogP contribution >= 0.6 is 0 Å². The molecule has 0 amide bonds. The van der Waals surface area contributed by atoms with Crippen LogP contribution in [-0.4, -0.2) is 7.11 Å². The zero-order valence-electron chi connectivity index (χ0n) is 5.63. The molecule has 1 aromatic rings. The van der Waals surface area contributed by atoms with Gasteiger partial charge >= 0.3 is 0 Å². The van der Waals surface area contributed by atoms with E-state index in [9.17, 15) is 5.11 Å². The fourth-order valence-corrected chi connectivity index (χ4v) is 0.712. The molecule has 0 saturated heterocycles. The predicted octanol–water partition coefficient (Wildman–Crippen LogP) is 0.351. The summed E-state index contributed by atoms with van der Waals surface area (Å²) in [6, 6.07) is 4.33. The minimum Gasteiger partial charge on any atom is -0.872 e. The van der Waals surface area contributed by atoms with Gasteiger partial charge in [-0.25, -0.2) is 0 Å². The van der Waals surface area contributed by atoms with Gasteiger partial charge in [0.1, 0.15) is 5.75 Å². The van der Waals surface area contributed by atoms with Gasteiger partial charge in [-0.1, -0.05) is 0 Å². The van der Waals surface area contributed by atoms with Gasteiger partial charge in [-0.15, -0.1) is 5.75 Å². The van der Waals surface area contributed by atoms with Crippen LogP contribution in [0.3, 0.4) is 0 Å². The highest BCUT2D eigenvalue weighted by Crippen LogP contribution is 2.20. The Morgan fingerprint density at radius 1 is 1.40 bits per heavy atom. The Morgan fingerprint density at radius 3 is 2.60 bits per heavy atom. The van der Waals surface area contributed by atoms with Gasteiger partial charge in [0.25, 0.3) is 0 Å². The first-order valence-electron chi connectivity index (χ1n) is 2.84. The van der Waals surface area contributed by atoms with Crippen molar-refractivity contribution in [3.05, 3.63) is 18.2 Å². The fourth-order valence-electron chi connectivity index (χ4n) is 0.712. The number of methoxy groups -OCH3 is 1. The Labute approximate surface area is 59.0 Å². The minimum absolute atomic E-state index is 0.128. The third-order valence-corrected chi connectivity index (χ3v) is 1.14. The molecular formula is C7H8NO2-. The highest BCUT2D eigenvalue weighted by Gasteiger charge is 1.89. The molecule has 3 heteroatoms. The van der Waals surface area contributed by atoms with E-state index in [2.05, 4.69) is 0 Å². The van der Waals surface area contributed by atoms with Crippen molar-refractivity contribution in [1.82, 2.24) is 0 Å². The maximum absolute atomic E-state index is 10.7. The zero-order chi connectivity index (χ0) is 7.56. The lowest BCUT2D eigenvalue weighted by molar-refractivity contribution is -0.268. The first-order chi connectivity index (χ1) is 4.72. The fraction of sp³-hybridized carbons (Fsp3) is 0.143. The summed E-state index contributed by atoms with van der Waals surface area (Å²) in [6.07, 6.45) is 0. The number of rotatable bonds is 1. The number of ether oxygens (including phenoxy) is 1. The summed E-state index contributed by atoms with van der Waals surface area (Å²) in [5, 5.41) is 10.7. The molecule has 54 valence electrons. The van der Waals surface area contributed by atoms with Crippen molar-refractivity contribution in [1.29, 1.82) is 0 Å². The van der Waals surface area contributed by atoms with E-state index in [1.165, 1.54) is 19.2 Å². The van der Waals surface area contributed by atoms with E-state index in [-0.39, 0.29) is 5.75 Å². The van der Waals surface area contributed by atoms with Gasteiger partial charge in [-0.3, -0.25) is 0 Å². The molecule has 0 spiro atoms. The molecule has 0 unspecified atom stereocenters. The van der Waals surface area contributed by atoms with Crippen LogP contribution in [0.2, 0.25) is 0 Å². The lowest BCUT2D eigenvalue weighted by Gasteiger charge is -2.08. The van der Waals surface area contributed by atoms with E-state index in [1.807, 2.05) is 0 Å². The van der Waals surface area contributed by atoms with Crippen molar-refractivity contribution in [3.63, 3.8) is 0 Å². The van der Waals surface area contributed by atoms with Crippen LogP contribution in [0, 0.1) is 0 Å². The van der Waals surface area contributed by atoms with Crippen LogP contribution in [0.4, 0.5) is 5.69 Å². The Hall–Kier alpha value is -1.38. The molecule has 0 bridgehead atoms.